The number of hydrogen-bond acceptors (Lipinski definition) is 5. The zero-order valence-electron chi connectivity index (χ0n) is 17.5. The number of likely N-dealkylation sites (tertiary alicyclic amines) is 1. The number of nitrogens with zero attached hydrogens (tertiary/aromatic N) is 4. The van der Waals surface area contributed by atoms with Crippen LogP contribution in [0.25, 0.3) is 0 Å². The number of piperazine rings is 1. The number of rotatable bonds is 4. The van der Waals surface area contributed by atoms with E-state index in [0.717, 1.165) is 25.9 Å². The van der Waals surface area contributed by atoms with Gasteiger partial charge in [-0.05, 0) is 37.1 Å². The molecule has 1 N–H and O–H groups in total. The molecule has 0 bridgehead atoms. The summed E-state index contributed by atoms with van der Waals surface area (Å²) in [6, 6.07) is 6.62. The molecule has 31 heavy (non-hydrogen) atoms. The van der Waals surface area contributed by atoms with Crippen molar-refractivity contribution in [2.45, 2.75) is 12.8 Å². The highest BCUT2D eigenvalue weighted by Gasteiger charge is 2.34. The van der Waals surface area contributed by atoms with Crippen LogP contribution in [0.2, 0.25) is 0 Å². The van der Waals surface area contributed by atoms with Gasteiger partial charge in [0.15, 0.2) is 0 Å². The van der Waals surface area contributed by atoms with Crippen molar-refractivity contribution in [1.82, 2.24) is 18.4 Å². The van der Waals surface area contributed by atoms with Crippen molar-refractivity contribution in [3.63, 3.8) is 0 Å². The monoisotopic (exact) mass is 451 g/mol. The number of carbonyl (C=O) groups excluding carboxylic acids is 2. The maximum absolute atomic E-state index is 12.7. The van der Waals surface area contributed by atoms with Gasteiger partial charge in [0.25, 0.3) is 16.1 Å². The second-order valence-electron chi connectivity index (χ2n) is 7.91. The van der Waals surface area contributed by atoms with E-state index in [-0.39, 0.29) is 25.0 Å². The third kappa shape index (κ3) is 5.00. The molecule has 11 heteroatoms. The maximum Gasteiger partial charge on any atom is 0.321 e. The Morgan fingerprint density at radius 3 is 1.97 bits per heavy atom. The minimum Gasteiger partial charge on any atom is -0.379 e. The number of amides is 3. The number of nitrogens with one attached hydrogen (secondary N) is 1. The van der Waals surface area contributed by atoms with Gasteiger partial charge in [-0.3, -0.25) is 4.79 Å². The molecule has 0 radical (unpaired) electrons. The quantitative estimate of drug-likeness (QED) is 0.724. The van der Waals surface area contributed by atoms with Crippen LogP contribution in [0.1, 0.15) is 23.2 Å². The van der Waals surface area contributed by atoms with Crippen LogP contribution in [0.3, 0.4) is 0 Å². The van der Waals surface area contributed by atoms with E-state index in [0.29, 0.717) is 50.6 Å². The molecule has 3 heterocycles. The summed E-state index contributed by atoms with van der Waals surface area (Å²) in [6.07, 6.45) is 2.09. The van der Waals surface area contributed by atoms with Crippen LogP contribution in [0.4, 0.5) is 10.5 Å². The minimum absolute atomic E-state index is 0.0213. The standard InChI is InChI=1S/C20H29N5O5S/c26-19(22-7-1-2-8-22)17-3-5-18(6-4-17)21-20(27)23-9-11-24(12-10-23)31(28,29)25-13-15-30-16-14-25/h3-6H,1-2,7-16H2,(H,21,27). The number of ether oxygens (including phenoxy) is 1. The molecular formula is C20H29N5O5S. The zero-order chi connectivity index (χ0) is 21.8. The first kappa shape index (κ1) is 22.0. The summed E-state index contributed by atoms with van der Waals surface area (Å²) in [7, 11) is -3.52. The highest BCUT2D eigenvalue weighted by Crippen LogP contribution is 2.17. The number of anilines is 1. The SMILES string of the molecule is O=C(Nc1ccc(C(=O)N2CCCC2)cc1)N1CCN(S(=O)(=O)N2CCOCC2)CC1. The lowest BCUT2D eigenvalue weighted by atomic mass is 10.2. The van der Waals surface area contributed by atoms with E-state index in [1.165, 1.54) is 8.61 Å². The molecule has 0 aliphatic carbocycles. The molecule has 3 aliphatic heterocycles. The molecule has 3 saturated heterocycles. The molecule has 1 aromatic carbocycles. The van der Waals surface area contributed by atoms with Crippen LogP contribution < -0.4 is 5.32 Å². The normalized spacial score (nSPS) is 21.3. The lowest BCUT2D eigenvalue weighted by molar-refractivity contribution is 0.0691. The largest absolute Gasteiger partial charge is 0.379 e. The predicted molar refractivity (Wildman–Crippen MR) is 115 cm³/mol. The summed E-state index contributed by atoms with van der Waals surface area (Å²) in [5, 5.41) is 2.83. The van der Waals surface area contributed by atoms with E-state index in [9.17, 15) is 18.0 Å². The summed E-state index contributed by atoms with van der Waals surface area (Å²) in [5.41, 5.74) is 1.22. The maximum atomic E-state index is 12.7. The van der Waals surface area contributed by atoms with E-state index in [2.05, 4.69) is 5.32 Å². The average molecular weight is 452 g/mol. The van der Waals surface area contributed by atoms with Crippen molar-refractivity contribution < 1.29 is 22.7 Å². The summed E-state index contributed by atoms with van der Waals surface area (Å²) in [4.78, 5) is 28.5. The highest BCUT2D eigenvalue weighted by molar-refractivity contribution is 7.86. The van der Waals surface area contributed by atoms with Crippen LogP contribution in [0, 0.1) is 0 Å². The van der Waals surface area contributed by atoms with Crippen LogP contribution >= 0.6 is 0 Å². The molecule has 3 fully saturated rings. The second-order valence-corrected chi connectivity index (χ2v) is 9.84. The van der Waals surface area contributed by atoms with Crippen molar-refractivity contribution in [3.8, 4) is 0 Å². The number of benzene rings is 1. The molecule has 3 aliphatic rings. The summed E-state index contributed by atoms with van der Waals surface area (Å²) < 4.78 is 33.6. The number of morpholine rings is 1. The number of urea groups is 1. The minimum atomic E-state index is -3.52. The van der Waals surface area contributed by atoms with Gasteiger partial charge >= 0.3 is 6.03 Å². The Morgan fingerprint density at radius 1 is 0.774 bits per heavy atom. The predicted octanol–water partition coefficient (Wildman–Crippen LogP) is 0.649. The fourth-order valence-corrected chi connectivity index (χ4v) is 5.63. The lowest BCUT2D eigenvalue weighted by Gasteiger charge is -2.37. The Bertz CT molecular complexity index is 887. The first-order valence-corrected chi connectivity index (χ1v) is 12.1. The van der Waals surface area contributed by atoms with Crippen molar-refractivity contribution >= 4 is 27.8 Å². The summed E-state index contributed by atoms with van der Waals surface area (Å²) >= 11 is 0. The van der Waals surface area contributed by atoms with Gasteiger partial charge in [-0.25, -0.2) is 4.79 Å². The summed E-state index contributed by atoms with van der Waals surface area (Å²) in [5.74, 6) is 0.0213. The highest BCUT2D eigenvalue weighted by atomic mass is 32.2. The van der Waals surface area contributed by atoms with Crippen LogP contribution in [-0.2, 0) is 14.9 Å². The average Bonchev–Trinajstić information content (AvgIpc) is 3.35. The van der Waals surface area contributed by atoms with E-state index >= 15 is 0 Å². The first-order valence-electron chi connectivity index (χ1n) is 10.7. The molecule has 170 valence electrons. The Kier molecular flexibility index (Phi) is 6.75. The van der Waals surface area contributed by atoms with Crippen LogP contribution in [0.15, 0.2) is 24.3 Å². The molecule has 0 saturated carbocycles. The molecule has 0 unspecified atom stereocenters. The third-order valence-corrected chi connectivity index (χ3v) is 7.96. The van der Waals surface area contributed by atoms with Crippen LogP contribution in [0.5, 0.6) is 0 Å². The van der Waals surface area contributed by atoms with Gasteiger partial charge in [-0.15, -0.1) is 0 Å². The van der Waals surface area contributed by atoms with Gasteiger partial charge in [-0.2, -0.15) is 17.0 Å². The first-order chi connectivity index (χ1) is 14.9. The van der Waals surface area contributed by atoms with Crippen molar-refractivity contribution in [2.75, 3.05) is 70.9 Å². The van der Waals surface area contributed by atoms with Gasteiger partial charge in [0.05, 0.1) is 13.2 Å². The molecule has 4 rings (SSSR count). The smallest absolute Gasteiger partial charge is 0.321 e. The van der Waals surface area contributed by atoms with Gasteiger partial charge in [0, 0.05) is 63.6 Å². The van der Waals surface area contributed by atoms with Crippen molar-refractivity contribution in [2.24, 2.45) is 0 Å². The van der Waals surface area contributed by atoms with E-state index < -0.39 is 10.2 Å². The lowest BCUT2D eigenvalue weighted by Crippen LogP contribution is -2.56. The van der Waals surface area contributed by atoms with Crippen molar-refractivity contribution in [3.05, 3.63) is 29.8 Å². The molecule has 1 aromatic rings. The zero-order valence-corrected chi connectivity index (χ0v) is 18.3. The van der Waals surface area contributed by atoms with E-state index in [4.69, 9.17) is 4.74 Å². The molecule has 0 spiro atoms. The topological polar surface area (TPSA) is 102 Å². The Labute approximate surface area is 182 Å². The van der Waals surface area contributed by atoms with E-state index in [1.807, 2.05) is 4.90 Å². The molecule has 3 amide bonds. The molecular weight excluding hydrogens is 422 g/mol. The Hall–Kier alpha value is -2.21. The fourth-order valence-electron chi connectivity index (χ4n) is 4.06. The fraction of sp³-hybridized carbons (Fsp3) is 0.600. The van der Waals surface area contributed by atoms with Gasteiger partial charge in [0.2, 0.25) is 0 Å². The van der Waals surface area contributed by atoms with E-state index in [1.54, 1.807) is 29.2 Å². The summed E-state index contributed by atoms with van der Waals surface area (Å²) in [6.45, 7) is 4.29. The molecule has 0 aromatic heterocycles. The Morgan fingerprint density at radius 2 is 1.35 bits per heavy atom. The number of carbonyl (C=O) groups is 2. The van der Waals surface area contributed by atoms with Crippen LogP contribution in [-0.4, -0.2) is 104 Å². The van der Waals surface area contributed by atoms with Crippen molar-refractivity contribution in [1.29, 1.82) is 0 Å². The second kappa shape index (κ2) is 9.51. The molecule has 10 nitrogen and oxygen atoms in total. The number of hydrogen-bond donors (Lipinski definition) is 1. The van der Waals surface area contributed by atoms with Gasteiger partial charge in [-0.1, -0.05) is 0 Å². The Balaban J connectivity index is 1.28. The third-order valence-electron chi connectivity index (χ3n) is 5.92. The van der Waals surface area contributed by atoms with Gasteiger partial charge < -0.3 is 19.9 Å². The van der Waals surface area contributed by atoms with Gasteiger partial charge in [0.1, 0.15) is 0 Å². The molecule has 0 atom stereocenters.